The fraction of sp³-hybridized carbons (Fsp3) is 0.471. The van der Waals surface area contributed by atoms with Crippen molar-refractivity contribution in [1.82, 2.24) is 4.90 Å². The van der Waals surface area contributed by atoms with E-state index in [9.17, 15) is 14.4 Å². The Morgan fingerprint density at radius 3 is 2.27 bits per heavy atom. The molecule has 138 valence electrons. The molecule has 9 heteroatoms. The van der Waals surface area contributed by atoms with Crippen molar-refractivity contribution in [3.05, 3.63) is 28.2 Å². The number of hydrogen-bond donors (Lipinski definition) is 1. The number of halogens is 4. The Bertz CT molecular complexity index is 789. The van der Waals surface area contributed by atoms with Crippen LogP contribution in [0.2, 0.25) is 10.0 Å². The van der Waals surface area contributed by atoms with Crippen molar-refractivity contribution in [2.75, 3.05) is 11.9 Å². The first-order chi connectivity index (χ1) is 12.3. The Morgan fingerprint density at radius 1 is 1.12 bits per heavy atom. The fourth-order valence-electron chi connectivity index (χ4n) is 4.49. The zero-order valence-corrected chi connectivity index (χ0v) is 18.0. The highest BCUT2D eigenvalue weighted by atomic mass is 79.9. The predicted molar refractivity (Wildman–Crippen MR) is 106 cm³/mol. The quantitative estimate of drug-likeness (QED) is 0.484. The molecule has 0 spiro atoms. The molecular formula is C17H14Br2Cl2N2O3. The average Bonchev–Trinajstić information content (AvgIpc) is 3.19. The van der Waals surface area contributed by atoms with Gasteiger partial charge in [0.25, 0.3) is 0 Å². The number of rotatable bonds is 3. The molecule has 3 fully saturated rings. The molecule has 1 saturated heterocycles. The summed E-state index contributed by atoms with van der Waals surface area (Å²) in [6, 6.07) is 4.70. The van der Waals surface area contributed by atoms with Crippen LogP contribution in [-0.4, -0.2) is 38.8 Å². The van der Waals surface area contributed by atoms with Crippen molar-refractivity contribution in [1.29, 1.82) is 0 Å². The number of nitrogens with one attached hydrogen (secondary N) is 1. The molecule has 1 aromatic carbocycles. The summed E-state index contributed by atoms with van der Waals surface area (Å²) in [6.07, 6.45) is 0.858. The molecule has 0 aromatic heterocycles. The fourth-order valence-corrected chi connectivity index (χ4v) is 6.70. The number of amides is 3. The minimum atomic E-state index is -0.478. The van der Waals surface area contributed by atoms with E-state index in [1.54, 1.807) is 12.1 Å². The molecule has 1 aliphatic heterocycles. The van der Waals surface area contributed by atoms with Crippen molar-refractivity contribution >= 4 is 78.5 Å². The molecule has 5 nitrogen and oxygen atoms in total. The van der Waals surface area contributed by atoms with Gasteiger partial charge < -0.3 is 5.32 Å². The van der Waals surface area contributed by atoms with Crippen LogP contribution in [0, 0.1) is 23.7 Å². The first kappa shape index (κ1) is 18.7. The lowest BCUT2D eigenvalue weighted by molar-refractivity contribution is -0.143. The lowest BCUT2D eigenvalue weighted by Crippen LogP contribution is -2.39. The highest BCUT2D eigenvalue weighted by Gasteiger charge is 2.66. The SMILES string of the molecule is O=C(CN1C(=O)[C@@H]2[C@H]3C[C@@H]([C@@H](Br)[C@H]3Br)[C@H]2C1=O)Nc1cc(Cl)ccc1Cl. The number of likely N-dealkylation sites (tertiary alicyclic amines) is 1. The molecule has 2 aliphatic carbocycles. The van der Waals surface area contributed by atoms with E-state index in [-0.39, 0.29) is 51.7 Å². The maximum absolute atomic E-state index is 12.8. The molecule has 0 radical (unpaired) electrons. The van der Waals surface area contributed by atoms with Crippen LogP contribution in [0.1, 0.15) is 6.42 Å². The Balaban J connectivity index is 1.49. The summed E-state index contributed by atoms with van der Waals surface area (Å²) in [7, 11) is 0. The highest BCUT2D eigenvalue weighted by molar-refractivity contribution is 9.12. The Kier molecular flexibility index (Phi) is 4.87. The van der Waals surface area contributed by atoms with Gasteiger partial charge in [-0.2, -0.15) is 0 Å². The lowest BCUT2D eigenvalue weighted by Gasteiger charge is -2.28. The van der Waals surface area contributed by atoms with E-state index >= 15 is 0 Å². The van der Waals surface area contributed by atoms with Gasteiger partial charge in [0.05, 0.1) is 22.5 Å². The van der Waals surface area contributed by atoms with Crippen LogP contribution in [0.3, 0.4) is 0 Å². The highest BCUT2D eigenvalue weighted by Crippen LogP contribution is 2.60. The second-order valence-corrected chi connectivity index (χ2v) is 9.90. The summed E-state index contributed by atoms with van der Waals surface area (Å²) in [6.45, 7) is -0.313. The van der Waals surface area contributed by atoms with E-state index in [4.69, 9.17) is 23.2 Å². The first-order valence-electron chi connectivity index (χ1n) is 8.18. The number of carbonyl (C=O) groups is 3. The third kappa shape index (κ3) is 2.82. The molecule has 3 aliphatic rings. The standard InChI is InChI=1S/C17H14Br2Cl2N2O3/c18-14-7-4-8(15(14)19)13-12(7)16(25)23(17(13)26)5-11(24)22-10-3-6(20)1-2-9(10)21/h1-3,7-8,12-15H,4-5H2,(H,22,24)/t7-,8-,12-,13-,14-,15+/m1/s1. The third-order valence-electron chi connectivity index (χ3n) is 5.58. The van der Waals surface area contributed by atoms with Crippen molar-refractivity contribution < 1.29 is 14.4 Å². The van der Waals surface area contributed by atoms with Gasteiger partial charge in [-0.3, -0.25) is 19.3 Å². The molecule has 0 unspecified atom stereocenters. The summed E-state index contributed by atoms with van der Waals surface area (Å²) < 4.78 is 0. The summed E-state index contributed by atoms with van der Waals surface area (Å²) in [5, 5.41) is 3.38. The number of benzene rings is 1. The second kappa shape index (κ2) is 6.76. The lowest BCUT2D eigenvalue weighted by atomic mass is 9.81. The van der Waals surface area contributed by atoms with Crippen LogP contribution < -0.4 is 5.32 Å². The summed E-state index contributed by atoms with van der Waals surface area (Å²) in [5.74, 6) is -1.37. The van der Waals surface area contributed by atoms with E-state index < -0.39 is 5.91 Å². The first-order valence-corrected chi connectivity index (χ1v) is 10.8. The smallest absolute Gasteiger partial charge is 0.244 e. The van der Waals surface area contributed by atoms with Gasteiger partial charge in [0, 0.05) is 14.7 Å². The number of fused-ring (bicyclic) bond motifs is 5. The number of anilines is 1. The van der Waals surface area contributed by atoms with Crippen LogP contribution in [0.15, 0.2) is 18.2 Å². The monoisotopic (exact) mass is 522 g/mol. The van der Waals surface area contributed by atoms with E-state index in [1.807, 2.05) is 0 Å². The van der Waals surface area contributed by atoms with Gasteiger partial charge in [-0.25, -0.2) is 0 Å². The van der Waals surface area contributed by atoms with Crippen molar-refractivity contribution in [3.63, 3.8) is 0 Å². The van der Waals surface area contributed by atoms with Crippen molar-refractivity contribution in [2.45, 2.75) is 16.1 Å². The van der Waals surface area contributed by atoms with Crippen molar-refractivity contribution in [2.24, 2.45) is 23.7 Å². The number of hydrogen-bond acceptors (Lipinski definition) is 3. The van der Waals surface area contributed by atoms with E-state index in [2.05, 4.69) is 37.2 Å². The molecule has 1 heterocycles. The van der Waals surface area contributed by atoms with E-state index in [1.165, 1.54) is 6.07 Å². The largest absolute Gasteiger partial charge is 0.323 e. The molecular weight excluding hydrogens is 511 g/mol. The van der Waals surface area contributed by atoms with Crippen LogP contribution in [0.4, 0.5) is 5.69 Å². The van der Waals surface area contributed by atoms with Gasteiger partial charge in [0.1, 0.15) is 6.54 Å². The van der Waals surface area contributed by atoms with Gasteiger partial charge >= 0.3 is 0 Å². The van der Waals surface area contributed by atoms with Gasteiger partial charge in [-0.1, -0.05) is 55.1 Å². The number of nitrogens with zero attached hydrogens (tertiary/aromatic N) is 1. The van der Waals surface area contributed by atoms with Crippen LogP contribution in [0.5, 0.6) is 0 Å². The molecule has 2 bridgehead atoms. The number of carbonyl (C=O) groups excluding carboxylic acids is 3. The molecule has 6 atom stereocenters. The second-order valence-electron chi connectivity index (χ2n) is 6.94. The molecule has 3 amide bonds. The normalized spacial score (nSPS) is 35.2. The zero-order valence-electron chi connectivity index (χ0n) is 13.3. The third-order valence-corrected chi connectivity index (χ3v) is 9.35. The van der Waals surface area contributed by atoms with E-state index in [0.717, 1.165) is 11.3 Å². The van der Waals surface area contributed by atoms with Crippen molar-refractivity contribution in [3.8, 4) is 0 Å². The van der Waals surface area contributed by atoms with Gasteiger partial charge in [0.15, 0.2) is 0 Å². The minimum Gasteiger partial charge on any atom is -0.323 e. The topological polar surface area (TPSA) is 66.5 Å². The Hall–Kier alpha value is -0.630. The Morgan fingerprint density at radius 2 is 1.69 bits per heavy atom. The minimum absolute atomic E-state index is 0.126. The predicted octanol–water partition coefficient (Wildman–Crippen LogP) is 3.71. The van der Waals surface area contributed by atoms with Crippen LogP contribution in [0.25, 0.3) is 0 Å². The van der Waals surface area contributed by atoms with Crippen LogP contribution in [-0.2, 0) is 14.4 Å². The van der Waals surface area contributed by atoms with Gasteiger partial charge in [0.2, 0.25) is 17.7 Å². The van der Waals surface area contributed by atoms with E-state index in [0.29, 0.717) is 15.7 Å². The Labute approximate surface area is 177 Å². The average molecular weight is 525 g/mol. The molecule has 1 N–H and O–H groups in total. The zero-order chi connectivity index (χ0) is 18.7. The van der Waals surface area contributed by atoms with Gasteiger partial charge in [-0.15, -0.1) is 0 Å². The number of imide groups is 1. The summed E-state index contributed by atoms with van der Waals surface area (Å²) in [4.78, 5) is 39.4. The summed E-state index contributed by atoms with van der Waals surface area (Å²) in [5.41, 5.74) is 0.351. The maximum Gasteiger partial charge on any atom is 0.244 e. The summed E-state index contributed by atoms with van der Waals surface area (Å²) >= 11 is 19.2. The van der Waals surface area contributed by atoms with Crippen LogP contribution >= 0.6 is 55.1 Å². The maximum atomic E-state index is 12.8. The van der Waals surface area contributed by atoms with Gasteiger partial charge in [-0.05, 0) is 36.5 Å². The molecule has 26 heavy (non-hydrogen) atoms. The molecule has 1 aromatic rings. The molecule has 2 saturated carbocycles. The molecule has 4 rings (SSSR count). The number of alkyl halides is 2.